The van der Waals surface area contributed by atoms with Crippen LogP contribution in [0.4, 0.5) is 0 Å². The molecule has 3 rings (SSSR count). The van der Waals surface area contributed by atoms with Crippen molar-refractivity contribution < 1.29 is 4.74 Å². The Morgan fingerprint density at radius 3 is 2.53 bits per heavy atom. The number of hydrogen-bond donors (Lipinski definition) is 0. The molecule has 0 N–H and O–H groups in total. The van der Waals surface area contributed by atoms with Crippen molar-refractivity contribution in [2.24, 2.45) is 0 Å². The summed E-state index contributed by atoms with van der Waals surface area (Å²) in [6.07, 6.45) is 5.92. The summed E-state index contributed by atoms with van der Waals surface area (Å²) in [5.74, 6) is 0. The molecule has 0 aliphatic carbocycles. The molecular weight excluding hydrogens is 188 g/mol. The molecule has 3 nitrogen and oxygen atoms in total. The van der Waals surface area contributed by atoms with Gasteiger partial charge in [0.1, 0.15) is 6.33 Å². The van der Waals surface area contributed by atoms with Crippen LogP contribution in [0.2, 0.25) is 0 Å². The molecule has 0 radical (unpaired) electrons. The Morgan fingerprint density at radius 1 is 1.07 bits per heavy atom. The summed E-state index contributed by atoms with van der Waals surface area (Å²) in [5, 5.41) is 1.09. The molecule has 0 spiro atoms. The summed E-state index contributed by atoms with van der Waals surface area (Å²) in [4.78, 5) is 7.97. The zero-order valence-corrected chi connectivity index (χ0v) is 8.60. The van der Waals surface area contributed by atoms with Crippen LogP contribution in [0.15, 0.2) is 36.8 Å². The van der Waals surface area contributed by atoms with Gasteiger partial charge in [-0.3, -0.25) is 0 Å². The Hall–Kier alpha value is -1.48. The summed E-state index contributed by atoms with van der Waals surface area (Å²) < 4.78 is 4.94. The van der Waals surface area contributed by atoms with Gasteiger partial charge in [-0.25, -0.2) is 9.97 Å². The van der Waals surface area contributed by atoms with E-state index in [1.165, 1.54) is 12.8 Å². The highest BCUT2D eigenvalue weighted by atomic mass is 16.5. The lowest BCUT2D eigenvalue weighted by molar-refractivity contribution is 0.198. The maximum Gasteiger partial charge on any atom is 0.116 e. The first-order valence-corrected chi connectivity index (χ1v) is 5.19. The number of benzene rings is 1. The van der Waals surface area contributed by atoms with Gasteiger partial charge in [-0.15, -0.1) is 0 Å². The zero-order valence-electron chi connectivity index (χ0n) is 8.60. The lowest BCUT2D eigenvalue weighted by Crippen LogP contribution is -1.77. The highest BCUT2D eigenvalue weighted by molar-refractivity contribution is 5.76. The second-order valence-electron chi connectivity index (χ2n) is 3.40. The van der Waals surface area contributed by atoms with Crippen LogP contribution in [-0.2, 0) is 4.74 Å². The first kappa shape index (κ1) is 10.1. The van der Waals surface area contributed by atoms with Gasteiger partial charge in [0.25, 0.3) is 0 Å². The van der Waals surface area contributed by atoms with Crippen molar-refractivity contribution in [2.45, 2.75) is 12.8 Å². The molecule has 15 heavy (non-hydrogen) atoms. The Balaban J connectivity index is 0.000000144. The second kappa shape index (κ2) is 5.41. The fourth-order valence-corrected chi connectivity index (χ4v) is 1.43. The van der Waals surface area contributed by atoms with Crippen LogP contribution in [0.3, 0.4) is 0 Å². The van der Waals surface area contributed by atoms with Gasteiger partial charge >= 0.3 is 0 Å². The summed E-state index contributed by atoms with van der Waals surface area (Å²) in [7, 11) is 0. The number of fused-ring (bicyclic) bond motifs is 1. The van der Waals surface area contributed by atoms with Crippen molar-refractivity contribution in [3.05, 3.63) is 36.8 Å². The largest absolute Gasteiger partial charge is 0.381 e. The van der Waals surface area contributed by atoms with Crippen LogP contribution < -0.4 is 0 Å². The van der Waals surface area contributed by atoms with E-state index in [1.807, 2.05) is 30.5 Å². The van der Waals surface area contributed by atoms with Gasteiger partial charge in [0.15, 0.2) is 0 Å². The predicted octanol–water partition coefficient (Wildman–Crippen LogP) is 2.43. The molecule has 2 aromatic rings. The van der Waals surface area contributed by atoms with Crippen molar-refractivity contribution in [3.8, 4) is 0 Å². The molecule has 0 atom stereocenters. The minimum atomic E-state index is 0.998. The summed E-state index contributed by atoms with van der Waals surface area (Å²) in [6, 6.07) is 7.91. The van der Waals surface area contributed by atoms with Crippen LogP contribution in [0.5, 0.6) is 0 Å². The Kier molecular flexibility index (Phi) is 3.63. The highest BCUT2D eigenvalue weighted by Crippen LogP contribution is 2.06. The molecule has 1 aromatic carbocycles. The van der Waals surface area contributed by atoms with E-state index in [0.717, 1.165) is 24.1 Å². The molecule has 0 unspecified atom stereocenters. The average molecular weight is 202 g/mol. The number of rotatable bonds is 0. The molecule has 0 amide bonds. The van der Waals surface area contributed by atoms with Gasteiger partial charge in [-0.1, -0.05) is 18.2 Å². The van der Waals surface area contributed by atoms with Crippen LogP contribution in [0.25, 0.3) is 10.9 Å². The molecule has 1 saturated heterocycles. The molecule has 78 valence electrons. The van der Waals surface area contributed by atoms with E-state index in [9.17, 15) is 0 Å². The zero-order chi connectivity index (χ0) is 10.3. The average Bonchev–Trinajstić information content (AvgIpc) is 2.88. The lowest BCUT2D eigenvalue weighted by Gasteiger charge is -1.90. The van der Waals surface area contributed by atoms with E-state index >= 15 is 0 Å². The second-order valence-corrected chi connectivity index (χ2v) is 3.40. The van der Waals surface area contributed by atoms with E-state index < -0.39 is 0 Å². The quantitative estimate of drug-likeness (QED) is 0.658. The standard InChI is InChI=1S/C8H6N2.C4H8O/c1-2-4-8-7(3-1)5-9-6-10-8;1-2-4-5-3-1/h1-6H;1-4H2. The normalized spacial score (nSPS) is 14.7. The molecule has 1 aliphatic rings. The number of para-hydroxylation sites is 1. The number of ether oxygens (including phenoxy) is 1. The molecule has 1 fully saturated rings. The van der Waals surface area contributed by atoms with Crippen molar-refractivity contribution in [3.63, 3.8) is 0 Å². The van der Waals surface area contributed by atoms with Crippen molar-refractivity contribution in [1.29, 1.82) is 0 Å². The number of aromatic nitrogens is 2. The van der Waals surface area contributed by atoms with Gasteiger partial charge in [0, 0.05) is 24.8 Å². The first-order valence-electron chi connectivity index (χ1n) is 5.19. The minimum Gasteiger partial charge on any atom is -0.381 e. The van der Waals surface area contributed by atoms with Gasteiger partial charge in [-0.05, 0) is 18.9 Å². The van der Waals surface area contributed by atoms with Crippen LogP contribution in [0.1, 0.15) is 12.8 Å². The smallest absolute Gasteiger partial charge is 0.116 e. The third kappa shape index (κ3) is 2.99. The summed E-state index contributed by atoms with van der Waals surface area (Å²) >= 11 is 0. The minimum absolute atomic E-state index is 0.998. The van der Waals surface area contributed by atoms with E-state index in [0.29, 0.717) is 0 Å². The number of nitrogens with zero attached hydrogens (tertiary/aromatic N) is 2. The molecule has 0 bridgehead atoms. The lowest BCUT2D eigenvalue weighted by atomic mass is 10.2. The highest BCUT2D eigenvalue weighted by Gasteiger charge is 1.94. The predicted molar refractivity (Wildman–Crippen MR) is 59.6 cm³/mol. The molecule has 1 aliphatic heterocycles. The SMILES string of the molecule is C1CCOC1.c1ccc2ncncc2c1. The maximum absolute atomic E-state index is 4.94. The van der Waals surface area contributed by atoms with Gasteiger partial charge in [0.05, 0.1) is 5.52 Å². The fraction of sp³-hybridized carbons (Fsp3) is 0.333. The molecule has 2 heterocycles. The van der Waals surface area contributed by atoms with Crippen molar-refractivity contribution in [1.82, 2.24) is 9.97 Å². The van der Waals surface area contributed by atoms with E-state index in [2.05, 4.69) is 9.97 Å². The fourth-order valence-electron chi connectivity index (χ4n) is 1.43. The molecule has 1 aromatic heterocycles. The van der Waals surface area contributed by atoms with Crippen LogP contribution >= 0.6 is 0 Å². The first-order chi connectivity index (χ1) is 7.47. The van der Waals surface area contributed by atoms with Crippen molar-refractivity contribution >= 4 is 10.9 Å². The Morgan fingerprint density at radius 2 is 1.87 bits per heavy atom. The van der Waals surface area contributed by atoms with Gasteiger partial charge in [0.2, 0.25) is 0 Å². The van der Waals surface area contributed by atoms with Gasteiger partial charge < -0.3 is 4.74 Å². The summed E-state index contributed by atoms with van der Waals surface area (Å²) in [5.41, 5.74) is 0.998. The molecule has 3 heteroatoms. The molecular formula is C12H14N2O. The Labute approximate surface area is 89.1 Å². The van der Waals surface area contributed by atoms with E-state index in [1.54, 1.807) is 6.33 Å². The monoisotopic (exact) mass is 202 g/mol. The maximum atomic E-state index is 4.94. The van der Waals surface area contributed by atoms with E-state index in [4.69, 9.17) is 4.74 Å². The topological polar surface area (TPSA) is 35.0 Å². The Bertz CT molecular complexity index is 340. The third-order valence-electron chi connectivity index (χ3n) is 2.24. The van der Waals surface area contributed by atoms with Crippen LogP contribution in [0, 0.1) is 0 Å². The van der Waals surface area contributed by atoms with Crippen molar-refractivity contribution in [2.75, 3.05) is 13.2 Å². The number of hydrogen-bond acceptors (Lipinski definition) is 3. The van der Waals surface area contributed by atoms with Gasteiger partial charge in [-0.2, -0.15) is 0 Å². The summed E-state index contributed by atoms with van der Waals surface area (Å²) in [6.45, 7) is 2.00. The molecule has 0 saturated carbocycles. The van der Waals surface area contributed by atoms with Crippen LogP contribution in [-0.4, -0.2) is 23.2 Å². The van der Waals surface area contributed by atoms with E-state index in [-0.39, 0.29) is 0 Å². The third-order valence-corrected chi connectivity index (χ3v) is 2.24.